The molecule has 6 nitrogen and oxygen atoms in total. The molecule has 1 aromatic carbocycles. The highest BCUT2D eigenvalue weighted by atomic mass is 35.5. The Bertz CT molecular complexity index is 582. The summed E-state index contributed by atoms with van der Waals surface area (Å²) in [5, 5.41) is 6.63. The molecular weight excluding hydrogens is 256 g/mol. The highest BCUT2D eigenvalue weighted by molar-refractivity contribution is 6.34. The molecule has 0 saturated carbocycles. The molecule has 0 aliphatic rings. The molecule has 94 valence electrons. The number of hydrogen-bond donors (Lipinski definition) is 2. The molecule has 0 aliphatic carbocycles. The first-order valence-corrected chi connectivity index (χ1v) is 5.56. The second-order valence-corrected chi connectivity index (χ2v) is 4.06. The van der Waals surface area contributed by atoms with E-state index < -0.39 is 0 Å². The van der Waals surface area contributed by atoms with Crippen molar-refractivity contribution in [3.8, 4) is 0 Å². The van der Waals surface area contributed by atoms with Gasteiger partial charge in [0.2, 0.25) is 5.89 Å². The molecule has 2 rings (SSSR count). The number of nitrogens with one attached hydrogen (secondary N) is 1. The number of anilines is 1. The van der Waals surface area contributed by atoms with E-state index in [4.69, 9.17) is 21.9 Å². The van der Waals surface area contributed by atoms with Gasteiger partial charge in [0.25, 0.3) is 5.91 Å². The third kappa shape index (κ3) is 2.78. The summed E-state index contributed by atoms with van der Waals surface area (Å²) in [4.78, 5) is 15.8. The zero-order valence-corrected chi connectivity index (χ0v) is 10.4. The van der Waals surface area contributed by atoms with Crippen LogP contribution < -0.4 is 11.1 Å². The number of nitrogen functional groups attached to an aromatic ring is 1. The van der Waals surface area contributed by atoms with Gasteiger partial charge >= 0.3 is 0 Å². The highest BCUT2D eigenvalue weighted by Gasteiger charge is 2.11. The van der Waals surface area contributed by atoms with Gasteiger partial charge < -0.3 is 15.6 Å². The normalized spacial score (nSPS) is 10.3. The summed E-state index contributed by atoms with van der Waals surface area (Å²) in [6.45, 7) is 1.84. The topological polar surface area (TPSA) is 94.0 Å². The SMILES string of the molecule is Cc1nc(CNC(=O)c2cc(N)ccc2Cl)no1. The third-order valence-corrected chi connectivity index (χ3v) is 2.54. The van der Waals surface area contributed by atoms with E-state index in [1.807, 2.05) is 0 Å². The molecule has 0 spiro atoms. The second-order valence-electron chi connectivity index (χ2n) is 3.65. The number of rotatable bonds is 3. The molecular formula is C11H11ClN4O2. The first kappa shape index (κ1) is 12.4. The van der Waals surface area contributed by atoms with Crippen molar-refractivity contribution in [2.75, 3.05) is 5.73 Å². The summed E-state index contributed by atoms with van der Waals surface area (Å²) in [6, 6.07) is 4.71. The Morgan fingerprint density at radius 2 is 2.33 bits per heavy atom. The second kappa shape index (κ2) is 5.05. The minimum Gasteiger partial charge on any atom is -0.399 e. The molecule has 7 heteroatoms. The van der Waals surface area contributed by atoms with Gasteiger partial charge in [0, 0.05) is 12.6 Å². The molecule has 0 unspecified atom stereocenters. The fourth-order valence-corrected chi connectivity index (χ4v) is 1.59. The fourth-order valence-electron chi connectivity index (χ4n) is 1.38. The Hall–Kier alpha value is -2.08. The molecule has 0 atom stereocenters. The van der Waals surface area contributed by atoms with Crippen LogP contribution in [0.25, 0.3) is 0 Å². The predicted octanol–water partition coefficient (Wildman–Crippen LogP) is 1.54. The average Bonchev–Trinajstić information content (AvgIpc) is 2.75. The molecule has 0 bridgehead atoms. The van der Waals surface area contributed by atoms with Crippen molar-refractivity contribution in [2.24, 2.45) is 0 Å². The van der Waals surface area contributed by atoms with Gasteiger partial charge in [0.1, 0.15) is 0 Å². The van der Waals surface area contributed by atoms with E-state index in [0.29, 0.717) is 28.0 Å². The number of carbonyl (C=O) groups excluding carboxylic acids is 1. The summed E-state index contributed by atoms with van der Waals surface area (Å²) in [5.74, 6) is 0.511. The zero-order chi connectivity index (χ0) is 13.1. The number of hydrogen-bond acceptors (Lipinski definition) is 5. The van der Waals surface area contributed by atoms with E-state index in [2.05, 4.69) is 15.5 Å². The maximum Gasteiger partial charge on any atom is 0.253 e. The number of aryl methyl sites for hydroxylation is 1. The molecule has 1 aromatic heterocycles. The van der Waals surface area contributed by atoms with E-state index >= 15 is 0 Å². The largest absolute Gasteiger partial charge is 0.399 e. The number of carbonyl (C=O) groups is 1. The summed E-state index contributed by atoms with van der Waals surface area (Å²) >= 11 is 5.91. The van der Waals surface area contributed by atoms with Crippen LogP contribution in [0, 0.1) is 6.92 Å². The summed E-state index contributed by atoms with van der Waals surface area (Å²) in [7, 11) is 0. The lowest BCUT2D eigenvalue weighted by Gasteiger charge is -2.05. The molecule has 1 amide bonds. The Morgan fingerprint density at radius 3 is 3.00 bits per heavy atom. The van der Waals surface area contributed by atoms with Crippen LogP contribution in [-0.4, -0.2) is 16.0 Å². The lowest BCUT2D eigenvalue weighted by atomic mass is 10.2. The zero-order valence-electron chi connectivity index (χ0n) is 9.61. The van der Waals surface area contributed by atoms with Gasteiger partial charge in [0.15, 0.2) is 5.82 Å². The molecule has 0 radical (unpaired) electrons. The minimum atomic E-state index is -0.338. The third-order valence-electron chi connectivity index (χ3n) is 2.21. The van der Waals surface area contributed by atoms with E-state index in [-0.39, 0.29) is 12.5 Å². The Balaban J connectivity index is 2.05. The average molecular weight is 267 g/mol. The van der Waals surface area contributed by atoms with Crippen molar-refractivity contribution in [2.45, 2.75) is 13.5 Å². The van der Waals surface area contributed by atoms with Crippen molar-refractivity contribution < 1.29 is 9.32 Å². The molecule has 0 fully saturated rings. The monoisotopic (exact) mass is 266 g/mol. The van der Waals surface area contributed by atoms with Crippen molar-refractivity contribution in [3.63, 3.8) is 0 Å². The van der Waals surface area contributed by atoms with Crippen molar-refractivity contribution in [3.05, 3.63) is 40.5 Å². The van der Waals surface area contributed by atoms with Crippen molar-refractivity contribution in [1.29, 1.82) is 0 Å². The van der Waals surface area contributed by atoms with Gasteiger partial charge in [-0.2, -0.15) is 4.98 Å². The minimum absolute atomic E-state index is 0.168. The van der Waals surface area contributed by atoms with Crippen LogP contribution in [0.4, 0.5) is 5.69 Å². The number of halogens is 1. The van der Waals surface area contributed by atoms with E-state index in [1.165, 1.54) is 6.07 Å². The Kier molecular flexibility index (Phi) is 3.47. The fraction of sp³-hybridized carbons (Fsp3) is 0.182. The number of nitrogens with zero attached hydrogens (tertiary/aromatic N) is 2. The first-order chi connectivity index (χ1) is 8.56. The maximum atomic E-state index is 11.9. The van der Waals surface area contributed by atoms with Crippen LogP contribution in [0.15, 0.2) is 22.7 Å². The molecule has 3 N–H and O–H groups in total. The van der Waals surface area contributed by atoms with Crippen LogP contribution in [0.2, 0.25) is 5.02 Å². The van der Waals surface area contributed by atoms with Crippen molar-refractivity contribution >= 4 is 23.2 Å². The quantitative estimate of drug-likeness (QED) is 0.822. The molecule has 0 aliphatic heterocycles. The van der Waals surface area contributed by atoms with Crippen LogP contribution in [0.5, 0.6) is 0 Å². The van der Waals surface area contributed by atoms with Crippen molar-refractivity contribution in [1.82, 2.24) is 15.5 Å². The van der Waals surface area contributed by atoms with Gasteiger partial charge in [0.05, 0.1) is 17.1 Å². The molecule has 0 saturated heterocycles. The van der Waals surface area contributed by atoms with Crippen LogP contribution in [0.3, 0.4) is 0 Å². The standard InChI is InChI=1S/C11H11ClN4O2/c1-6-15-10(16-18-6)5-14-11(17)8-4-7(13)2-3-9(8)12/h2-4H,5,13H2,1H3,(H,14,17). The van der Waals surface area contributed by atoms with Gasteiger partial charge in [-0.3, -0.25) is 4.79 Å². The first-order valence-electron chi connectivity index (χ1n) is 5.18. The predicted molar refractivity (Wildman–Crippen MR) is 66.1 cm³/mol. The molecule has 2 aromatic rings. The van der Waals surface area contributed by atoms with Gasteiger partial charge in [-0.25, -0.2) is 0 Å². The summed E-state index contributed by atoms with van der Waals surface area (Å²) in [5.41, 5.74) is 6.39. The van der Waals surface area contributed by atoms with Crippen LogP contribution >= 0.6 is 11.6 Å². The van der Waals surface area contributed by atoms with E-state index in [9.17, 15) is 4.79 Å². The summed E-state index contributed by atoms with van der Waals surface area (Å²) in [6.07, 6.45) is 0. The van der Waals surface area contributed by atoms with Gasteiger partial charge in [-0.1, -0.05) is 16.8 Å². The number of benzene rings is 1. The Labute approximate surface area is 108 Å². The van der Waals surface area contributed by atoms with Gasteiger partial charge in [-0.15, -0.1) is 0 Å². The van der Waals surface area contributed by atoms with Crippen LogP contribution in [-0.2, 0) is 6.54 Å². The summed E-state index contributed by atoms with van der Waals surface area (Å²) < 4.78 is 4.79. The highest BCUT2D eigenvalue weighted by Crippen LogP contribution is 2.18. The van der Waals surface area contributed by atoms with E-state index in [0.717, 1.165) is 0 Å². The van der Waals surface area contributed by atoms with Crippen LogP contribution in [0.1, 0.15) is 22.1 Å². The maximum absolute atomic E-state index is 11.9. The number of aromatic nitrogens is 2. The van der Waals surface area contributed by atoms with Gasteiger partial charge in [-0.05, 0) is 18.2 Å². The lowest BCUT2D eigenvalue weighted by molar-refractivity contribution is 0.0950. The molecule has 18 heavy (non-hydrogen) atoms. The number of nitrogens with two attached hydrogens (primary N) is 1. The Morgan fingerprint density at radius 1 is 1.56 bits per heavy atom. The number of amides is 1. The van der Waals surface area contributed by atoms with E-state index in [1.54, 1.807) is 19.1 Å². The smallest absolute Gasteiger partial charge is 0.253 e. The molecule has 1 heterocycles. The lowest BCUT2D eigenvalue weighted by Crippen LogP contribution is -2.23.